The summed E-state index contributed by atoms with van der Waals surface area (Å²) in [4.78, 5) is 24.2. The minimum absolute atomic E-state index is 0.0499. The predicted molar refractivity (Wildman–Crippen MR) is 183 cm³/mol. The summed E-state index contributed by atoms with van der Waals surface area (Å²) in [6.45, 7) is 3.63. The normalized spacial score (nSPS) is 15.5. The van der Waals surface area contributed by atoms with Crippen molar-refractivity contribution in [2.45, 2.75) is 18.3 Å². The molecule has 0 saturated heterocycles. The summed E-state index contributed by atoms with van der Waals surface area (Å²) in [6.07, 6.45) is 3.21. The van der Waals surface area contributed by atoms with Gasteiger partial charge in [0, 0.05) is 66.5 Å². The number of halogens is 4. The van der Waals surface area contributed by atoms with E-state index in [1.165, 1.54) is 46.4 Å². The van der Waals surface area contributed by atoms with Gasteiger partial charge >= 0.3 is 0 Å². The number of alkyl halides is 2. The number of nitrogens with zero attached hydrogens (tertiary/aromatic N) is 2. The molecule has 1 aliphatic rings. The Hall–Kier alpha value is -3.48. The van der Waals surface area contributed by atoms with Gasteiger partial charge in [0.15, 0.2) is 0 Å². The number of amides is 2. The van der Waals surface area contributed by atoms with Gasteiger partial charge in [-0.2, -0.15) is 0 Å². The van der Waals surface area contributed by atoms with E-state index in [4.69, 9.17) is 8.83 Å². The number of furan rings is 2. The lowest BCUT2D eigenvalue weighted by Crippen LogP contribution is -2.25. The SMILES string of the molecule is C=Cc1oc2cc(N(C)S(C)(=O)=O)c(Br)cc2c1C(=O)NC.CNC(=O)c1c(C2CC2(F)F)oc2cc(N(C)S(C)(=O)=O)c(Br)cc12. The molecule has 1 unspecified atom stereocenters. The first kappa shape index (κ1) is 36.4. The molecular formula is C29H30Br2F2N4O8S2. The maximum Gasteiger partial charge on any atom is 0.259 e. The first-order valence-corrected chi connectivity index (χ1v) is 18.8. The third kappa shape index (κ3) is 7.05. The van der Waals surface area contributed by atoms with Crippen LogP contribution < -0.4 is 19.2 Å². The molecule has 12 nitrogen and oxygen atoms in total. The smallest absolute Gasteiger partial charge is 0.259 e. The van der Waals surface area contributed by atoms with Gasteiger partial charge in [-0.05, 0) is 50.1 Å². The Balaban J connectivity index is 0.000000215. The van der Waals surface area contributed by atoms with Crippen LogP contribution in [0.5, 0.6) is 0 Å². The molecule has 5 rings (SSSR count). The molecule has 2 aromatic heterocycles. The number of carbonyl (C=O) groups excluding carboxylic acids is 2. The van der Waals surface area contributed by atoms with Gasteiger partial charge in [0.25, 0.3) is 17.7 Å². The summed E-state index contributed by atoms with van der Waals surface area (Å²) in [7, 11) is -1.22. The number of sulfonamides is 2. The summed E-state index contributed by atoms with van der Waals surface area (Å²) in [5.41, 5.74) is 1.69. The van der Waals surface area contributed by atoms with Crippen LogP contribution in [-0.4, -0.2) is 75.3 Å². The molecule has 1 saturated carbocycles. The molecule has 0 bridgehead atoms. The van der Waals surface area contributed by atoms with Crippen LogP contribution in [0.2, 0.25) is 0 Å². The molecule has 2 amide bonds. The zero-order valence-electron chi connectivity index (χ0n) is 25.9. The quantitative estimate of drug-likeness (QED) is 0.230. The van der Waals surface area contributed by atoms with Crippen LogP contribution in [0.4, 0.5) is 20.2 Å². The fourth-order valence-corrected chi connectivity index (χ4v) is 7.16. The van der Waals surface area contributed by atoms with E-state index in [2.05, 4.69) is 49.1 Å². The average molecular weight is 825 g/mol. The van der Waals surface area contributed by atoms with E-state index in [0.29, 0.717) is 42.3 Å². The van der Waals surface area contributed by atoms with E-state index < -0.39 is 37.8 Å². The van der Waals surface area contributed by atoms with Crippen molar-refractivity contribution in [1.29, 1.82) is 0 Å². The van der Waals surface area contributed by atoms with E-state index >= 15 is 0 Å². The Kier molecular flexibility index (Phi) is 9.94. The van der Waals surface area contributed by atoms with Gasteiger partial charge in [-0.15, -0.1) is 0 Å². The Morgan fingerprint density at radius 2 is 1.28 bits per heavy atom. The molecule has 1 fully saturated rings. The Morgan fingerprint density at radius 1 is 0.872 bits per heavy atom. The van der Waals surface area contributed by atoms with Crippen LogP contribution in [0.1, 0.15) is 44.6 Å². The van der Waals surface area contributed by atoms with Crippen molar-refractivity contribution in [2.24, 2.45) is 0 Å². The molecule has 4 aromatic rings. The summed E-state index contributed by atoms with van der Waals surface area (Å²) in [6, 6.07) is 6.15. The van der Waals surface area contributed by atoms with Gasteiger partial charge in [0.05, 0.1) is 40.9 Å². The number of hydrogen-bond acceptors (Lipinski definition) is 8. The zero-order valence-corrected chi connectivity index (χ0v) is 30.7. The Bertz CT molecular complexity index is 2170. The van der Waals surface area contributed by atoms with Crippen LogP contribution in [0.3, 0.4) is 0 Å². The fourth-order valence-electron chi connectivity index (χ4n) is 4.69. The van der Waals surface area contributed by atoms with E-state index in [1.807, 2.05) is 0 Å². The van der Waals surface area contributed by atoms with Crippen molar-refractivity contribution in [1.82, 2.24) is 10.6 Å². The third-order valence-corrected chi connectivity index (χ3v) is 11.1. The molecule has 2 N–H and O–H groups in total. The van der Waals surface area contributed by atoms with Crippen molar-refractivity contribution >= 4 is 103 Å². The topological polar surface area (TPSA) is 159 Å². The summed E-state index contributed by atoms with van der Waals surface area (Å²) < 4.78 is 88.2. The fraction of sp³-hybridized carbons (Fsp3) is 0.310. The second kappa shape index (κ2) is 12.9. The van der Waals surface area contributed by atoms with Crippen molar-refractivity contribution in [3.63, 3.8) is 0 Å². The number of hydrogen-bond donors (Lipinski definition) is 2. The number of nitrogens with one attached hydrogen (secondary N) is 2. The van der Waals surface area contributed by atoms with Crippen LogP contribution in [0, 0.1) is 0 Å². The van der Waals surface area contributed by atoms with Gasteiger partial charge in [0.1, 0.15) is 22.7 Å². The van der Waals surface area contributed by atoms with Gasteiger partial charge < -0.3 is 19.5 Å². The highest BCUT2D eigenvalue weighted by molar-refractivity contribution is 9.11. The minimum Gasteiger partial charge on any atom is -0.460 e. The maximum atomic E-state index is 13.5. The second-order valence-corrected chi connectivity index (χ2v) is 16.4. The standard InChI is InChI=1S/C15H15BrF2N2O4S.C14H15BrN2O4S/c1-19-14(21)12-7-4-9(16)10(20(2)25(3,22)23)5-11(7)24-13(12)8-6-15(8,17)18;1-5-11-13(14(18)16-2)8-6-9(15)10(7-12(8)21-11)17(3)22(4,19)20/h4-5,8H,6H2,1-3H3,(H,19,21);5-7H,1H2,2-4H3,(H,16,18). The van der Waals surface area contributed by atoms with Crippen LogP contribution in [0.15, 0.2) is 48.6 Å². The van der Waals surface area contributed by atoms with Crippen LogP contribution in [0.25, 0.3) is 28.0 Å². The lowest BCUT2D eigenvalue weighted by molar-refractivity contribution is 0.0950. The molecule has 1 aliphatic carbocycles. The highest BCUT2D eigenvalue weighted by Crippen LogP contribution is 2.58. The van der Waals surface area contributed by atoms with E-state index in [-0.39, 0.29) is 34.9 Å². The largest absolute Gasteiger partial charge is 0.460 e. The highest BCUT2D eigenvalue weighted by Gasteiger charge is 2.60. The third-order valence-electron chi connectivity index (χ3n) is 7.48. The van der Waals surface area contributed by atoms with Crippen molar-refractivity contribution in [3.05, 3.63) is 62.4 Å². The lowest BCUT2D eigenvalue weighted by Gasteiger charge is -2.18. The van der Waals surface area contributed by atoms with Gasteiger partial charge in [0.2, 0.25) is 20.0 Å². The monoisotopic (exact) mass is 822 g/mol. The number of fused-ring (bicyclic) bond motifs is 2. The van der Waals surface area contributed by atoms with Crippen LogP contribution >= 0.6 is 31.9 Å². The lowest BCUT2D eigenvalue weighted by atomic mass is 10.1. The van der Waals surface area contributed by atoms with Crippen molar-refractivity contribution in [2.75, 3.05) is 49.3 Å². The number of benzene rings is 2. The molecule has 2 heterocycles. The molecule has 47 heavy (non-hydrogen) atoms. The second-order valence-electron chi connectivity index (χ2n) is 10.6. The number of anilines is 2. The van der Waals surface area contributed by atoms with E-state index in [9.17, 15) is 35.2 Å². The molecule has 0 radical (unpaired) electrons. The first-order chi connectivity index (χ1) is 21.7. The van der Waals surface area contributed by atoms with Crippen LogP contribution in [-0.2, 0) is 20.0 Å². The molecule has 0 aliphatic heterocycles. The van der Waals surface area contributed by atoms with Crippen molar-refractivity contribution in [3.8, 4) is 0 Å². The minimum atomic E-state index is -3.53. The molecule has 254 valence electrons. The average Bonchev–Trinajstić information content (AvgIpc) is 3.30. The number of rotatable bonds is 8. The maximum absolute atomic E-state index is 13.5. The molecule has 2 aromatic carbocycles. The van der Waals surface area contributed by atoms with Gasteiger partial charge in [-0.3, -0.25) is 18.2 Å². The zero-order chi connectivity index (χ0) is 35.4. The molecule has 18 heteroatoms. The highest BCUT2D eigenvalue weighted by atomic mass is 79.9. The van der Waals surface area contributed by atoms with Gasteiger partial charge in [-0.25, -0.2) is 25.6 Å². The summed E-state index contributed by atoms with van der Waals surface area (Å²) in [5.74, 6) is -4.63. The van der Waals surface area contributed by atoms with Gasteiger partial charge in [-0.1, -0.05) is 6.58 Å². The predicted octanol–water partition coefficient (Wildman–Crippen LogP) is 5.67. The van der Waals surface area contributed by atoms with E-state index in [0.717, 1.165) is 21.1 Å². The number of carbonyl (C=O) groups is 2. The van der Waals surface area contributed by atoms with E-state index in [1.54, 1.807) is 12.1 Å². The molecular weight excluding hydrogens is 794 g/mol. The Labute approximate surface area is 286 Å². The Morgan fingerprint density at radius 3 is 1.66 bits per heavy atom. The first-order valence-electron chi connectivity index (χ1n) is 13.5. The summed E-state index contributed by atoms with van der Waals surface area (Å²) >= 11 is 6.61. The molecule has 0 spiro atoms. The van der Waals surface area contributed by atoms with Crippen molar-refractivity contribution < 1.29 is 44.0 Å². The summed E-state index contributed by atoms with van der Waals surface area (Å²) in [5, 5.41) is 5.89. The molecule has 1 atom stereocenters.